The molecule has 0 rings (SSSR count). The van der Waals surface area contributed by atoms with Crippen LogP contribution in [0.25, 0.3) is 0 Å². The van der Waals surface area contributed by atoms with Crippen LogP contribution in [0.2, 0.25) is 0 Å². The molecule has 0 aliphatic carbocycles. The molecule has 13 nitrogen and oxygen atoms in total. The van der Waals surface area contributed by atoms with Gasteiger partial charge < -0.3 is 29.3 Å². The molecule has 4 atom stereocenters. The molecular weight excluding hydrogens is 786 g/mol. The van der Waals surface area contributed by atoms with Crippen molar-refractivity contribution in [3.05, 3.63) is 0 Å². The zero-order valence-corrected chi connectivity index (χ0v) is 38.8. The summed E-state index contributed by atoms with van der Waals surface area (Å²) in [7, 11) is -9.65. The summed E-state index contributed by atoms with van der Waals surface area (Å²) in [5, 5.41) is 9.74. The molecule has 0 aliphatic heterocycles. The fourth-order valence-corrected chi connectivity index (χ4v) is 7.72. The molecule has 346 valence electrons. The summed E-state index contributed by atoms with van der Waals surface area (Å²) in [5.74, 6) is 0.563. The molecule has 0 aromatic heterocycles. The Morgan fingerprint density at radius 1 is 0.500 bits per heavy atom. The molecule has 0 saturated heterocycles. The van der Waals surface area contributed by atoms with Gasteiger partial charge in [0.05, 0.1) is 19.8 Å². The number of hydrogen-bond donors (Lipinski definition) is 4. The number of hydrogen-bond acceptors (Lipinski definition) is 10. The Hall–Kier alpha value is -0.880. The molecule has 0 bridgehead atoms. The Bertz CT molecular complexity index is 1070. The highest BCUT2D eigenvalue weighted by molar-refractivity contribution is 7.47. The summed E-state index contributed by atoms with van der Waals surface area (Å²) < 4.78 is 47.7. The van der Waals surface area contributed by atoms with E-state index in [9.17, 15) is 28.7 Å². The maximum atomic E-state index is 12.7. The first-order valence-corrected chi connectivity index (χ1v) is 26.0. The number of carbonyl (C=O) groups excluding carboxylic acids is 2. The summed E-state index contributed by atoms with van der Waals surface area (Å²) >= 11 is 0. The van der Waals surface area contributed by atoms with Crippen LogP contribution in [0.5, 0.6) is 0 Å². The molecule has 0 aliphatic rings. The van der Waals surface area contributed by atoms with Crippen LogP contribution in [0.3, 0.4) is 0 Å². The standard InChI is InChI=1S/C43H86O13P2/c1-5-39(4)31-27-23-18-16-14-12-10-8-6-7-9-11-13-15-17-19-25-29-33-43(46)56-41(36-52-42(45)32-28-24-21-20-22-26-30-38(2)3)37-55-58(50,51)54-35-40(44)34-53-57(47,48)49/h38-41,44H,5-37H2,1-4H3,(H,50,51)(H2,47,48,49)/t39?,40-,41+/m0/s1. The van der Waals surface area contributed by atoms with Crippen molar-refractivity contribution in [2.24, 2.45) is 11.8 Å². The number of aliphatic hydroxyl groups excluding tert-OH is 1. The highest BCUT2D eigenvalue weighted by Gasteiger charge is 2.28. The minimum Gasteiger partial charge on any atom is -0.462 e. The molecule has 0 heterocycles. The van der Waals surface area contributed by atoms with E-state index in [-0.39, 0.29) is 19.4 Å². The van der Waals surface area contributed by atoms with Crippen molar-refractivity contribution in [1.82, 2.24) is 0 Å². The van der Waals surface area contributed by atoms with Gasteiger partial charge in [-0.05, 0) is 24.7 Å². The largest absolute Gasteiger partial charge is 0.472 e. The first-order chi connectivity index (χ1) is 27.6. The van der Waals surface area contributed by atoms with Gasteiger partial charge in [0.25, 0.3) is 0 Å². The highest BCUT2D eigenvalue weighted by Crippen LogP contribution is 2.43. The molecule has 0 aromatic rings. The van der Waals surface area contributed by atoms with Crippen molar-refractivity contribution in [2.45, 2.75) is 226 Å². The summed E-state index contributed by atoms with van der Waals surface area (Å²) in [6, 6.07) is 0. The van der Waals surface area contributed by atoms with E-state index >= 15 is 0 Å². The van der Waals surface area contributed by atoms with Gasteiger partial charge in [0.1, 0.15) is 12.7 Å². The third-order valence-corrected chi connectivity index (χ3v) is 11.9. The molecule has 4 N–H and O–H groups in total. The lowest BCUT2D eigenvalue weighted by Gasteiger charge is -2.20. The van der Waals surface area contributed by atoms with E-state index in [1.807, 2.05) is 0 Å². The third-order valence-electron chi connectivity index (χ3n) is 10.5. The van der Waals surface area contributed by atoms with Gasteiger partial charge >= 0.3 is 27.6 Å². The lowest BCUT2D eigenvalue weighted by Crippen LogP contribution is -2.30. The normalized spacial score (nSPS) is 14.6. The van der Waals surface area contributed by atoms with Crippen molar-refractivity contribution in [3.63, 3.8) is 0 Å². The van der Waals surface area contributed by atoms with Gasteiger partial charge in [0, 0.05) is 12.8 Å². The maximum Gasteiger partial charge on any atom is 0.472 e. The van der Waals surface area contributed by atoms with Crippen molar-refractivity contribution in [1.29, 1.82) is 0 Å². The Morgan fingerprint density at radius 2 is 0.879 bits per heavy atom. The van der Waals surface area contributed by atoms with E-state index in [1.54, 1.807) is 0 Å². The summed E-state index contributed by atoms with van der Waals surface area (Å²) in [4.78, 5) is 52.6. The van der Waals surface area contributed by atoms with E-state index in [0.717, 1.165) is 44.4 Å². The molecule has 0 amide bonds. The van der Waals surface area contributed by atoms with Gasteiger partial charge in [-0.1, -0.05) is 188 Å². The Balaban J connectivity index is 4.31. The van der Waals surface area contributed by atoms with Crippen LogP contribution in [-0.4, -0.2) is 70.4 Å². The third kappa shape index (κ3) is 41.8. The predicted octanol–water partition coefficient (Wildman–Crippen LogP) is 11.7. The van der Waals surface area contributed by atoms with E-state index in [2.05, 4.69) is 36.7 Å². The average Bonchev–Trinajstić information content (AvgIpc) is 3.17. The van der Waals surface area contributed by atoms with Crippen molar-refractivity contribution in [3.8, 4) is 0 Å². The van der Waals surface area contributed by atoms with Crippen LogP contribution in [0, 0.1) is 11.8 Å². The molecule has 0 spiro atoms. The van der Waals surface area contributed by atoms with Crippen LogP contribution in [0.1, 0.15) is 214 Å². The fraction of sp³-hybridized carbons (Fsp3) is 0.953. The van der Waals surface area contributed by atoms with Crippen molar-refractivity contribution < 1.29 is 61.6 Å². The molecule has 0 fully saturated rings. The average molecular weight is 873 g/mol. The molecule has 0 saturated carbocycles. The van der Waals surface area contributed by atoms with Crippen molar-refractivity contribution in [2.75, 3.05) is 26.4 Å². The van der Waals surface area contributed by atoms with Crippen LogP contribution < -0.4 is 0 Å². The second-order valence-corrected chi connectivity index (χ2v) is 19.5. The monoisotopic (exact) mass is 873 g/mol. The quantitative estimate of drug-likeness (QED) is 0.0257. The van der Waals surface area contributed by atoms with Crippen LogP contribution in [-0.2, 0) is 41.8 Å². The fourth-order valence-electron chi connectivity index (χ4n) is 6.57. The highest BCUT2D eigenvalue weighted by atomic mass is 31.2. The minimum atomic E-state index is -4.86. The first-order valence-electron chi connectivity index (χ1n) is 23.0. The first kappa shape index (κ1) is 57.1. The number of ether oxygens (including phenoxy) is 2. The van der Waals surface area contributed by atoms with E-state index in [1.165, 1.54) is 122 Å². The van der Waals surface area contributed by atoms with Crippen molar-refractivity contribution >= 4 is 27.6 Å². The number of aliphatic hydroxyl groups is 1. The molecule has 0 aromatic carbocycles. The second kappa shape index (κ2) is 37.8. The zero-order chi connectivity index (χ0) is 43.3. The number of carbonyl (C=O) groups is 2. The maximum absolute atomic E-state index is 12.7. The van der Waals surface area contributed by atoms with Gasteiger partial charge in [-0.2, -0.15) is 0 Å². The van der Waals surface area contributed by atoms with Crippen LogP contribution in [0.4, 0.5) is 0 Å². The number of rotatable bonds is 43. The van der Waals surface area contributed by atoms with Gasteiger partial charge in [0.2, 0.25) is 0 Å². The summed E-state index contributed by atoms with van der Waals surface area (Å²) in [6.45, 7) is 6.39. The molecule has 58 heavy (non-hydrogen) atoms. The summed E-state index contributed by atoms with van der Waals surface area (Å²) in [5.41, 5.74) is 0. The topological polar surface area (TPSA) is 195 Å². The van der Waals surface area contributed by atoms with E-state index in [4.69, 9.17) is 23.8 Å². The lowest BCUT2D eigenvalue weighted by molar-refractivity contribution is -0.161. The van der Waals surface area contributed by atoms with Gasteiger partial charge in [-0.15, -0.1) is 0 Å². The lowest BCUT2D eigenvalue weighted by atomic mass is 9.99. The Labute approximate surface area is 352 Å². The van der Waals surface area contributed by atoms with E-state index in [0.29, 0.717) is 18.8 Å². The van der Waals surface area contributed by atoms with Crippen LogP contribution in [0.15, 0.2) is 0 Å². The Morgan fingerprint density at radius 3 is 1.31 bits per heavy atom. The number of esters is 2. The SMILES string of the molecule is CCC(C)CCCCCCCCCCCCCCCCCCCCC(=O)O[C@H](COC(=O)CCCCCCCCC(C)C)COP(=O)(O)OC[C@@H](O)COP(=O)(O)O. The molecule has 15 heteroatoms. The number of phosphoric ester groups is 2. The van der Waals surface area contributed by atoms with Gasteiger partial charge in [-0.25, -0.2) is 9.13 Å². The smallest absolute Gasteiger partial charge is 0.462 e. The number of unbranched alkanes of at least 4 members (excludes halogenated alkanes) is 22. The molecule has 2 unspecified atom stereocenters. The van der Waals surface area contributed by atoms with E-state index < -0.39 is 59.6 Å². The van der Waals surface area contributed by atoms with Gasteiger partial charge in [0.15, 0.2) is 6.10 Å². The van der Waals surface area contributed by atoms with Crippen LogP contribution >= 0.6 is 15.6 Å². The molecular formula is C43H86O13P2. The summed E-state index contributed by atoms with van der Waals surface area (Å²) in [6.07, 6.45) is 29.9. The Kier molecular flexibility index (Phi) is 37.3. The molecule has 0 radical (unpaired) electrons. The minimum absolute atomic E-state index is 0.138. The predicted molar refractivity (Wildman–Crippen MR) is 230 cm³/mol. The van der Waals surface area contributed by atoms with Gasteiger partial charge in [-0.3, -0.25) is 23.2 Å². The zero-order valence-electron chi connectivity index (χ0n) is 37.0. The second-order valence-electron chi connectivity index (χ2n) is 16.8. The number of phosphoric acid groups is 2.